The summed E-state index contributed by atoms with van der Waals surface area (Å²) in [7, 11) is 1.56. The molecule has 2 rings (SSSR count). The number of carbonyl (C=O) groups excluding carboxylic acids is 1. The smallest absolute Gasteiger partial charge is 0.321 e. The number of nitrogens with one attached hydrogen (secondary N) is 2. The van der Waals surface area contributed by atoms with Gasteiger partial charge in [0.1, 0.15) is 6.20 Å². The van der Waals surface area contributed by atoms with Gasteiger partial charge in [-0.15, -0.1) is 0 Å². The number of carbonyl (C=O) groups is 1. The average Bonchev–Trinajstić information content (AvgIpc) is 2.85. The number of urea groups is 1. The van der Waals surface area contributed by atoms with Crippen molar-refractivity contribution in [1.29, 1.82) is 0 Å². The largest absolute Gasteiger partial charge is 0.334 e. The monoisotopic (exact) mass is 280 g/mol. The predicted molar refractivity (Wildman–Crippen MR) is 70.8 cm³/mol. The van der Waals surface area contributed by atoms with E-state index in [0.29, 0.717) is 11.7 Å². The van der Waals surface area contributed by atoms with Gasteiger partial charge in [0, 0.05) is 18.9 Å². The molecule has 2 aromatic heterocycles. The maximum atomic E-state index is 11.6. The van der Waals surface area contributed by atoms with Crippen molar-refractivity contribution in [3.8, 4) is 0 Å². The highest BCUT2D eigenvalue weighted by atomic mass is 32.1. The van der Waals surface area contributed by atoms with Crippen LogP contribution in [0.3, 0.4) is 0 Å². The van der Waals surface area contributed by atoms with Crippen LogP contribution < -0.4 is 16.1 Å². The van der Waals surface area contributed by atoms with Crippen molar-refractivity contribution in [3.05, 3.63) is 36.3 Å². The lowest BCUT2D eigenvalue weighted by Gasteiger charge is -2.04. The number of rotatable bonds is 5. The Bertz CT molecular complexity index is 531. The van der Waals surface area contributed by atoms with Crippen LogP contribution in [0.1, 0.15) is 5.56 Å². The first-order chi connectivity index (χ1) is 9.28. The van der Waals surface area contributed by atoms with E-state index in [-0.39, 0.29) is 6.03 Å². The first-order valence-corrected chi connectivity index (χ1v) is 6.35. The molecule has 2 heterocycles. The highest BCUT2D eigenvalue weighted by Gasteiger charge is 2.08. The standard InChI is InChI=1S/C11H13N5O2S/c1-18-16-9-7-14-11(19-9)15-10(17)13-6-8-3-2-4-12-5-8/h2-5,7,16H,6H2,1H3,(H2,13,14,15,17)/p+1. The number of hydrogen-bond acceptors (Lipinski definition) is 5. The Morgan fingerprint density at radius 3 is 3.16 bits per heavy atom. The number of pyridine rings is 1. The van der Waals surface area contributed by atoms with Crippen LogP contribution in [0, 0.1) is 0 Å². The summed E-state index contributed by atoms with van der Waals surface area (Å²) in [6.45, 7) is 0.419. The van der Waals surface area contributed by atoms with Gasteiger partial charge < -0.3 is 5.32 Å². The third kappa shape index (κ3) is 4.28. The number of nitrogens with two attached hydrogens (primary N) is 1. The van der Waals surface area contributed by atoms with E-state index in [2.05, 4.69) is 20.6 Å². The summed E-state index contributed by atoms with van der Waals surface area (Å²) >= 11 is 1.33. The molecule has 0 bridgehead atoms. The molecule has 0 aliphatic rings. The Morgan fingerprint density at radius 1 is 1.53 bits per heavy atom. The van der Waals surface area contributed by atoms with Gasteiger partial charge in [0.15, 0.2) is 5.13 Å². The van der Waals surface area contributed by atoms with Crippen LogP contribution in [0.15, 0.2) is 30.7 Å². The van der Waals surface area contributed by atoms with E-state index < -0.39 is 0 Å². The molecule has 0 fully saturated rings. The van der Waals surface area contributed by atoms with Gasteiger partial charge in [0.25, 0.3) is 0 Å². The first kappa shape index (κ1) is 13.4. The lowest BCUT2D eigenvalue weighted by Crippen LogP contribution is -2.75. The number of thiazole rings is 1. The minimum atomic E-state index is -0.304. The van der Waals surface area contributed by atoms with Crippen LogP contribution in [-0.4, -0.2) is 23.1 Å². The summed E-state index contributed by atoms with van der Waals surface area (Å²) in [6, 6.07) is 3.41. The van der Waals surface area contributed by atoms with Crippen LogP contribution >= 0.6 is 11.3 Å². The Balaban J connectivity index is 1.80. The zero-order chi connectivity index (χ0) is 13.5. The summed E-state index contributed by atoms with van der Waals surface area (Å²) in [5, 5.41) is 6.73. The normalized spacial score (nSPS) is 10.2. The number of quaternary nitrogens is 1. The summed E-state index contributed by atoms with van der Waals surface area (Å²) in [5.74, 6) is 0. The highest BCUT2D eigenvalue weighted by Crippen LogP contribution is 2.18. The molecule has 0 saturated heterocycles. The summed E-state index contributed by atoms with van der Waals surface area (Å²) in [4.78, 5) is 24.5. The minimum absolute atomic E-state index is 0.304. The highest BCUT2D eigenvalue weighted by molar-refractivity contribution is 7.18. The van der Waals surface area contributed by atoms with Crippen LogP contribution in [0.25, 0.3) is 0 Å². The molecule has 0 atom stereocenters. The SMILES string of the molecule is CO[NH2+]c1cnc(NC(=O)NCc2cccnc2)s1. The Labute approximate surface area is 114 Å². The second-order valence-corrected chi connectivity index (χ2v) is 4.65. The third-order valence-electron chi connectivity index (χ3n) is 2.15. The van der Waals surface area contributed by atoms with Crippen molar-refractivity contribution in [2.24, 2.45) is 0 Å². The summed E-state index contributed by atoms with van der Waals surface area (Å²) < 4.78 is 0. The Kier molecular flexibility index (Phi) is 4.78. The molecule has 8 heteroatoms. The molecule has 0 spiro atoms. The van der Waals surface area contributed by atoms with Crippen molar-refractivity contribution in [2.75, 3.05) is 12.4 Å². The topological polar surface area (TPSA) is 92.8 Å². The van der Waals surface area contributed by atoms with Gasteiger partial charge in [0.2, 0.25) is 5.00 Å². The zero-order valence-electron chi connectivity index (χ0n) is 10.3. The second-order valence-electron chi connectivity index (χ2n) is 3.59. The summed E-state index contributed by atoms with van der Waals surface area (Å²) in [5.41, 5.74) is 2.50. The molecule has 0 unspecified atom stereocenters. The van der Waals surface area contributed by atoms with E-state index in [4.69, 9.17) is 4.84 Å². The van der Waals surface area contributed by atoms with E-state index in [1.54, 1.807) is 31.2 Å². The summed E-state index contributed by atoms with van der Waals surface area (Å²) in [6.07, 6.45) is 5.02. The molecule has 4 N–H and O–H groups in total. The van der Waals surface area contributed by atoms with Gasteiger partial charge in [-0.05, 0) is 23.0 Å². The molecule has 0 aliphatic carbocycles. The molecule has 0 aliphatic heterocycles. The van der Waals surface area contributed by atoms with Crippen LogP contribution in [-0.2, 0) is 11.4 Å². The van der Waals surface area contributed by atoms with E-state index in [1.165, 1.54) is 11.3 Å². The van der Waals surface area contributed by atoms with Gasteiger partial charge >= 0.3 is 6.03 Å². The van der Waals surface area contributed by atoms with E-state index in [9.17, 15) is 4.79 Å². The maximum absolute atomic E-state index is 11.6. The Hall–Kier alpha value is -2.03. The zero-order valence-corrected chi connectivity index (χ0v) is 11.1. The minimum Gasteiger partial charge on any atom is -0.334 e. The van der Waals surface area contributed by atoms with Crippen molar-refractivity contribution < 1.29 is 15.1 Å². The molecular weight excluding hydrogens is 266 g/mol. The molecule has 0 aromatic carbocycles. The van der Waals surface area contributed by atoms with Crippen LogP contribution in [0.2, 0.25) is 0 Å². The lowest BCUT2D eigenvalue weighted by atomic mass is 10.3. The number of amides is 2. The number of nitrogens with zero attached hydrogens (tertiary/aromatic N) is 2. The van der Waals surface area contributed by atoms with Crippen molar-refractivity contribution in [3.63, 3.8) is 0 Å². The van der Waals surface area contributed by atoms with Crippen LogP contribution in [0.4, 0.5) is 14.9 Å². The second kappa shape index (κ2) is 6.78. The van der Waals surface area contributed by atoms with Gasteiger partial charge in [-0.1, -0.05) is 6.07 Å². The fourth-order valence-corrected chi connectivity index (χ4v) is 2.06. The quantitative estimate of drug-likeness (QED) is 0.700. The average molecular weight is 280 g/mol. The first-order valence-electron chi connectivity index (χ1n) is 5.53. The van der Waals surface area contributed by atoms with Gasteiger partial charge in [-0.2, -0.15) is 5.48 Å². The van der Waals surface area contributed by atoms with E-state index in [0.717, 1.165) is 10.6 Å². The number of aromatic nitrogens is 2. The van der Waals surface area contributed by atoms with Crippen molar-refractivity contribution in [1.82, 2.24) is 15.3 Å². The van der Waals surface area contributed by atoms with Gasteiger partial charge in [-0.25, -0.2) is 14.6 Å². The molecule has 7 nitrogen and oxygen atoms in total. The molecule has 2 amide bonds. The van der Waals surface area contributed by atoms with Crippen molar-refractivity contribution >= 4 is 27.5 Å². The predicted octanol–water partition coefficient (Wildman–Crippen LogP) is 0.616. The molecule has 100 valence electrons. The molecule has 2 aromatic rings. The number of anilines is 1. The molecule has 0 radical (unpaired) electrons. The van der Waals surface area contributed by atoms with Gasteiger partial charge in [-0.3, -0.25) is 10.3 Å². The fourth-order valence-electron chi connectivity index (χ4n) is 1.34. The Morgan fingerprint density at radius 2 is 2.42 bits per heavy atom. The van der Waals surface area contributed by atoms with Crippen molar-refractivity contribution in [2.45, 2.75) is 6.54 Å². The maximum Gasteiger partial charge on any atom is 0.321 e. The third-order valence-corrected chi connectivity index (χ3v) is 2.99. The molecule has 19 heavy (non-hydrogen) atoms. The van der Waals surface area contributed by atoms with Crippen LogP contribution in [0.5, 0.6) is 0 Å². The van der Waals surface area contributed by atoms with E-state index >= 15 is 0 Å². The molecular formula is C11H14N5O2S+. The van der Waals surface area contributed by atoms with E-state index in [1.807, 2.05) is 12.1 Å². The van der Waals surface area contributed by atoms with Gasteiger partial charge in [0.05, 0.1) is 7.11 Å². The molecule has 0 saturated carbocycles. The fraction of sp³-hybridized carbons (Fsp3) is 0.182. The number of hydrogen-bond donors (Lipinski definition) is 3. The lowest BCUT2D eigenvalue weighted by molar-refractivity contribution is -0.827.